The van der Waals surface area contributed by atoms with Gasteiger partial charge in [0.1, 0.15) is 11.5 Å². The largest absolute Gasteiger partial charge is 0.497 e. The van der Waals surface area contributed by atoms with Gasteiger partial charge < -0.3 is 24.4 Å². The highest BCUT2D eigenvalue weighted by molar-refractivity contribution is 5.88. The van der Waals surface area contributed by atoms with Crippen molar-refractivity contribution >= 4 is 11.8 Å². The summed E-state index contributed by atoms with van der Waals surface area (Å²) in [7, 11) is 4.94. The van der Waals surface area contributed by atoms with E-state index in [1.165, 1.54) is 0 Å². The van der Waals surface area contributed by atoms with Crippen molar-refractivity contribution in [2.75, 3.05) is 47.5 Å². The number of nitrogens with one attached hydrogen (secondary N) is 1. The number of ether oxygens (including phenoxy) is 3. The Labute approximate surface area is 172 Å². The van der Waals surface area contributed by atoms with E-state index in [1.807, 2.05) is 23.1 Å². The highest BCUT2D eigenvalue weighted by atomic mass is 16.5. The molecule has 0 bridgehead atoms. The molecule has 3 rings (SSSR count). The molecule has 2 fully saturated rings. The first-order chi connectivity index (χ1) is 14.0. The molecular formula is C21H31N3O5. The van der Waals surface area contributed by atoms with Gasteiger partial charge in [-0.25, -0.2) is 0 Å². The Balaban J connectivity index is 1.68. The van der Waals surface area contributed by atoms with Gasteiger partial charge in [-0.3, -0.25) is 14.5 Å². The van der Waals surface area contributed by atoms with Crippen LogP contribution >= 0.6 is 0 Å². The molecular weight excluding hydrogens is 374 g/mol. The van der Waals surface area contributed by atoms with Gasteiger partial charge in [0, 0.05) is 51.5 Å². The molecule has 160 valence electrons. The summed E-state index contributed by atoms with van der Waals surface area (Å²) in [5.74, 6) is 1.35. The van der Waals surface area contributed by atoms with Crippen LogP contribution < -0.4 is 14.8 Å². The highest BCUT2D eigenvalue weighted by Crippen LogP contribution is 2.27. The van der Waals surface area contributed by atoms with E-state index in [2.05, 4.69) is 10.2 Å². The Bertz CT molecular complexity index is 718. The second-order valence-electron chi connectivity index (χ2n) is 7.48. The first-order valence-corrected chi connectivity index (χ1v) is 10.1. The molecule has 2 amide bonds. The minimum atomic E-state index is -0.483. The summed E-state index contributed by atoms with van der Waals surface area (Å²) < 4.78 is 16.1. The normalized spacial score (nSPS) is 21.0. The number of carbonyl (C=O) groups excluding carboxylic acids is 2. The van der Waals surface area contributed by atoms with Crippen molar-refractivity contribution in [3.8, 4) is 11.5 Å². The van der Waals surface area contributed by atoms with Crippen molar-refractivity contribution in [3.05, 3.63) is 23.8 Å². The molecule has 2 heterocycles. The van der Waals surface area contributed by atoms with Crippen molar-refractivity contribution in [1.82, 2.24) is 15.1 Å². The number of nitrogens with zero attached hydrogens (tertiary/aromatic N) is 2. The molecule has 2 aliphatic heterocycles. The number of methoxy groups -OCH3 is 3. The van der Waals surface area contributed by atoms with Gasteiger partial charge in [0.05, 0.1) is 32.8 Å². The molecule has 8 heteroatoms. The van der Waals surface area contributed by atoms with Gasteiger partial charge in [-0.05, 0) is 18.9 Å². The van der Waals surface area contributed by atoms with Gasteiger partial charge in [-0.15, -0.1) is 0 Å². The molecule has 0 radical (unpaired) electrons. The standard InChI is InChI=1S/C21H31N3O5/c1-27-16-6-9-23(10-7-16)20(25)13-18-21(26)22-8-11-24(18)14-15-4-5-17(28-2)12-19(15)29-3/h4-5,12,16,18H,6-11,13-14H2,1-3H3,(H,22,26). The molecule has 1 aromatic rings. The number of likely N-dealkylation sites (tertiary alicyclic amines) is 1. The van der Waals surface area contributed by atoms with E-state index in [9.17, 15) is 9.59 Å². The number of amides is 2. The lowest BCUT2D eigenvalue weighted by atomic mass is 10.0. The summed E-state index contributed by atoms with van der Waals surface area (Å²) in [6.07, 6.45) is 2.08. The van der Waals surface area contributed by atoms with E-state index in [0.29, 0.717) is 44.2 Å². The van der Waals surface area contributed by atoms with Crippen molar-refractivity contribution in [2.24, 2.45) is 0 Å². The Kier molecular flexibility index (Phi) is 7.33. The first-order valence-electron chi connectivity index (χ1n) is 10.1. The molecule has 0 aliphatic carbocycles. The smallest absolute Gasteiger partial charge is 0.237 e. The third-order valence-corrected chi connectivity index (χ3v) is 5.81. The Hall–Kier alpha value is -2.32. The fourth-order valence-corrected chi connectivity index (χ4v) is 4.01. The molecule has 2 saturated heterocycles. The van der Waals surface area contributed by atoms with E-state index < -0.39 is 6.04 Å². The van der Waals surface area contributed by atoms with Crippen LogP contribution in [0.5, 0.6) is 11.5 Å². The maximum atomic E-state index is 12.8. The molecule has 0 aromatic heterocycles. The minimum Gasteiger partial charge on any atom is -0.497 e. The average Bonchev–Trinajstić information content (AvgIpc) is 2.76. The van der Waals surface area contributed by atoms with E-state index >= 15 is 0 Å². The van der Waals surface area contributed by atoms with Crippen LogP contribution in [0, 0.1) is 0 Å². The summed E-state index contributed by atoms with van der Waals surface area (Å²) in [5, 5.41) is 2.90. The maximum Gasteiger partial charge on any atom is 0.237 e. The average molecular weight is 405 g/mol. The van der Waals surface area contributed by atoms with Crippen molar-refractivity contribution < 1.29 is 23.8 Å². The Morgan fingerprint density at radius 1 is 1.14 bits per heavy atom. The van der Waals surface area contributed by atoms with Crippen LogP contribution in [0.1, 0.15) is 24.8 Å². The topological polar surface area (TPSA) is 80.3 Å². The molecule has 8 nitrogen and oxygen atoms in total. The zero-order chi connectivity index (χ0) is 20.8. The van der Waals surface area contributed by atoms with Crippen LogP contribution in [0.25, 0.3) is 0 Å². The van der Waals surface area contributed by atoms with Gasteiger partial charge in [0.25, 0.3) is 0 Å². The number of hydrogen-bond acceptors (Lipinski definition) is 6. The fourth-order valence-electron chi connectivity index (χ4n) is 4.01. The summed E-state index contributed by atoms with van der Waals surface area (Å²) in [6, 6.07) is 5.17. The predicted octanol–water partition coefficient (Wildman–Crippen LogP) is 1.03. The number of carbonyl (C=O) groups is 2. The van der Waals surface area contributed by atoms with E-state index in [0.717, 1.165) is 18.4 Å². The van der Waals surface area contributed by atoms with Crippen LogP contribution in [-0.4, -0.2) is 81.3 Å². The Morgan fingerprint density at radius 2 is 1.90 bits per heavy atom. The lowest BCUT2D eigenvalue weighted by Crippen LogP contribution is -2.56. The molecule has 0 saturated carbocycles. The summed E-state index contributed by atoms with van der Waals surface area (Å²) in [6.45, 7) is 3.14. The molecule has 1 atom stereocenters. The van der Waals surface area contributed by atoms with Crippen LogP contribution in [0.3, 0.4) is 0 Å². The van der Waals surface area contributed by atoms with Crippen molar-refractivity contribution in [2.45, 2.75) is 38.0 Å². The summed E-state index contributed by atoms with van der Waals surface area (Å²) in [5.41, 5.74) is 0.960. The lowest BCUT2D eigenvalue weighted by Gasteiger charge is -2.37. The number of piperazine rings is 1. The second-order valence-corrected chi connectivity index (χ2v) is 7.48. The van der Waals surface area contributed by atoms with Crippen LogP contribution in [0.15, 0.2) is 18.2 Å². The van der Waals surface area contributed by atoms with Gasteiger partial charge in [-0.2, -0.15) is 0 Å². The van der Waals surface area contributed by atoms with Crippen LogP contribution in [-0.2, 0) is 20.9 Å². The van der Waals surface area contributed by atoms with Gasteiger partial charge in [0.2, 0.25) is 11.8 Å². The van der Waals surface area contributed by atoms with Crippen LogP contribution in [0.4, 0.5) is 0 Å². The van der Waals surface area contributed by atoms with E-state index in [-0.39, 0.29) is 24.3 Å². The van der Waals surface area contributed by atoms with Gasteiger partial charge in [0.15, 0.2) is 0 Å². The number of rotatable bonds is 7. The quantitative estimate of drug-likeness (QED) is 0.730. The third kappa shape index (κ3) is 5.19. The number of benzene rings is 1. The van der Waals surface area contributed by atoms with Gasteiger partial charge >= 0.3 is 0 Å². The second kappa shape index (κ2) is 9.93. The number of piperidine rings is 1. The minimum absolute atomic E-state index is 0.0216. The lowest BCUT2D eigenvalue weighted by molar-refractivity contribution is -0.140. The monoisotopic (exact) mass is 405 g/mol. The molecule has 2 aliphatic rings. The number of hydrogen-bond donors (Lipinski definition) is 1. The summed E-state index contributed by atoms with van der Waals surface area (Å²) >= 11 is 0. The molecule has 0 spiro atoms. The van der Waals surface area contributed by atoms with E-state index in [1.54, 1.807) is 21.3 Å². The molecule has 1 aromatic carbocycles. The highest BCUT2D eigenvalue weighted by Gasteiger charge is 2.34. The molecule has 1 N–H and O–H groups in total. The van der Waals surface area contributed by atoms with Gasteiger partial charge in [-0.1, -0.05) is 6.07 Å². The SMILES string of the molecule is COc1ccc(CN2CCNC(=O)C2CC(=O)N2CCC(OC)CC2)c(OC)c1. The zero-order valence-corrected chi connectivity index (χ0v) is 17.5. The van der Waals surface area contributed by atoms with Crippen molar-refractivity contribution in [1.29, 1.82) is 0 Å². The molecule has 1 unspecified atom stereocenters. The third-order valence-electron chi connectivity index (χ3n) is 5.81. The molecule has 29 heavy (non-hydrogen) atoms. The predicted molar refractivity (Wildman–Crippen MR) is 108 cm³/mol. The van der Waals surface area contributed by atoms with Crippen molar-refractivity contribution in [3.63, 3.8) is 0 Å². The Morgan fingerprint density at radius 3 is 2.55 bits per heavy atom. The first kappa shape index (κ1) is 21.4. The zero-order valence-electron chi connectivity index (χ0n) is 17.5. The van der Waals surface area contributed by atoms with E-state index in [4.69, 9.17) is 14.2 Å². The maximum absolute atomic E-state index is 12.8. The van der Waals surface area contributed by atoms with Crippen LogP contribution in [0.2, 0.25) is 0 Å². The summed E-state index contributed by atoms with van der Waals surface area (Å²) in [4.78, 5) is 29.3. The fraction of sp³-hybridized carbons (Fsp3) is 0.619.